The number of thioether (sulfide) groups is 1. The van der Waals surface area contributed by atoms with Crippen molar-refractivity contribution in [1.82, 2.24) is 0 Å². The van der Waals surface area contributed by atoms with Gasteiger partial charge in [0.25, 0.3) is 0 Å². The molecule has 92 valence electrons. The lowest BCUT2D eigenvalue weighted by atomic mass is 10.1. The predicted octanol–water partition coefficient (Wildman–Crippen LogP) is 3.79. The molecule has 3 heteroatoms. The molecule has 1 aromatic rings. The van der Waals surface area contributed by atoms with Crippen molar-refractivity contribution in [3.8, 4) is 0 Å². The van der Waals surface area contributed by atoms with Gasteiger partial charge in [0.2, 0.25) is 0 Å². The Morgan fingerprint density at radius 1 is 1.29 bits per heavy atom. The van der Waals surface area contributed by atoms with E-state index < -0.39 is 10.7 Å². The fourth-order valence-corrected chi connectivity index (χ4v) is 3.79. The summed E-state index contributed by atoms with van der Waals surface area (Å²) in [5.41, 5.74) is 2.41. The van der Waals surface area contributed by atoms with Gasteiger partial charge in [0, 0.05) is 4.90 Å². The van der Waals surface area contributed by atoms with Crippen molar-refractivity contribution in [3.63, 3.8) is 0 Å². The van der Waals surface area contributed by atoms with Crippen molar-refractivity contribution in [2.24, 2.45) is 0 Å². The van der Waals surface area contributed by atoms with Crippen LogP contribution >= 0.6 is 11.8 Å². The number of carbonyl (C=O) groups is 1. The number of carboxylic acid groups (broad SMARTS) is 1. The van der Waals surface area contributed by atoms with Gasteiger partial charge in [-0.15, -0.1) is 11.8 Å². The molecule has 0 saturated heterocycles. The fraction of sp³-hybridized carbons (Fsp3) is 0.500. The number of carboxylic acids is 1. The lowest BCUT2D eigenvalue weighted by molar-refractivity contribution is -0.139. The van der Waals surface area contributed by atoms with Crippen LogP contribution in [0.25, 0.3) is 0 Å². The summed E-state index contributed by atoms with van der Waals surface area (Å²) >= 11 is 1.54. The second-order valence-corrected chi connectivity index (χ2v) is 6.30. The molecule has 0 aromatic heterocycles. The molecule has 2 rings (SSSR count). The average Bonchev–Trinajstić information content (AvgIpc) is 2.72. The molecule has 0 unspecified atom stereocenters. The van der Waals surface area contributed by atoms with Gasteiger partial charge in [-0.1, -0.05) is 30.5 Å². The highest BCUT2D eigenvalue weighted by atomic mass is 32.2. The first kappa shape index (κ1) is 12.5. The van der Waals surface area contributed by atoms with Gasteiger partial charge in [-0.05, 0) is 38.3 Å². The maximum atomic E-state index is 11.5. The van der Waals surface area contributed by atoms with Crippen LogP contribution < -0.4 is 0 Å². The molecule has 0 atom stereocenters. The highest BCUT2D eigenvalue weighted by Crippen LogP contribution is 2.46. The van der Waals surface area contributed by atoms with Crippen LogP contribution in [0.4, 0.5) is 0 Å². The van der Waals surface area contributed by atoms with E-state index >= 15 is 0 Å². The zero-order valence-electron chi connectivity index (χ0n) is 10.3. The van der Waals surface area contributed by atoms with E-state index in [4.69, 9.17) is 0 Å². The average molecular weight is 250 g/mol. The normalized spacial score (nSPS) is 18.2. The van der Waals surface area contributed by atoms with Gasteiger partial charge in [-0.2, -0.15) is 0 Å². The van der Waals surface area contributed by atoms with E-state index in [1.165, 1.54) is 11.1 Å². The molecule has 0 heterocycles. The molecular weight excluding hydrogens is 232 g/mol. The van der Waals surface area contributed by atoms with Crippen LogP contribution in [0.3, 0.4) is 0 Å². The molecule has 1 N–H and O–H groups in total. The Morgan fingerprint density at radius 2 is 1.94 bits per heavy atom. The van der Waals surface area contributed by atoms with E-state index in [-0.39, 0.29) is 0 Å². The smallest absolute Gasteiger partial charge is 0.320 e. The molecule has 1 aromatic carbocycles. The molecule has 2 nitrogen and oxygen atoms in total. The maximum absolute atomic E-state index is 11.5. The monoisotopic (exact) mass is 250 g/mol. The molecule has 1 aliphatic rings. The van der Waals surface area contributed by atoms with E-state index in [1.807, 2.05) is 0 Å². The van der Waals surface area contributed by atoms with E-state index in [1.54, 1.807) is 11.8 Å². The first-order valence-electron chi connectivity index (χ1n) is 6.03. The van der Waals surface area contributed by atoms with E-state index in [0.29, 0.717) is 0 Å². The number of aliphatic carboxylic acids is 1. The summed E-state index contributed by atoms with van der Waals surface area (Å²) in [7, 11) is 0. The Hall–Kier alpha value is -0.960. The summed E-state index contributed by atoms with van der Waals surface area (Å²) < 4.78 is -0.583. The minimum absolute atomic E-state index is 0.583. The summed E-state index contributed by atoms with van der Waals surface area (Å²) in [4.78, 5) is 12.6. The van der Waals surface area contributed by atoms with Crippen LogP contribution in [-0.2, 0) is 4.79 Å². The van der Waals surface area contributed by atoms with Crippen LogP contribution in [0.1, 0.15) is 36.8 Å². The first-order chi connectivity index (χ1) is 8.03. The van der Waals surface area contributed by atoms with Crippen molar-refractivity contribution in [3.05, 3.63) is 29.3 Å². The Bertz CT molecular complexity index is 434. The number of benzene rings is 1. The second kappa shape index (κ2) is 4.73. The minimum atomic E-state index is -0.653. The molecule has 0 spiro atoms. The van der Waals surface area contributed by atoms with Crippen LogP contribution in [0.2, 0.25) is 0 Å². The highest BCUT2D eigenvalue weighted by Gasteiger charge is 2.42. The summed E-state index contributed by atoms with van der Waals surface area (Å²) in [5, 5.41) is 9.45. The topological polar surface area (TPSA) is 37.3 Å². The highest BCUT2D eigenvalue weighted by molar-refractivity contribution is 8.01. The molecule has 0 radical (unpaired) electrons. The van der Waals surface area contributed by atoms with Gasteiger partial charge in [0.15, 0.2) is 0 Å². The third-order valence-electron chi connectivity index (χ3n) is 3.44. The first-order valence-corrected chi connectivity index (χ1v) is 6.85. The maximum Gasteiger partial charge on any atom is 0.320 e. The minimum Gasteiger partial charge on any atom is -0.480 e. The van der Waals surface area contributed by atoms with Gasteiger partial charge >= 0.3 is 5.97 Å². The third kappa shape index (κ3) is 2.49. The van der Waals surface area contributed by atoms with Crippen LogP contribution in [0, 0.1) is 13.8 Å². The van der Waals surface area contributed by atoms with Gasteiger partial charge < -0.3 is 5.11 Å². The van der Waals surface area contributed by atoms with E-state index in [2.05, 4.69) is 32.0 Å². The van der Waals surface area contributed by atoms with Gasteiger partial charge in [-0.25, -0.2) is 0 Å². The van der Waals surface area contributed by atoms with E-state index in [0.717, 1.165) is 30.6 Å². The molecule has 1 aliphatic carbocycles. The number of hydrogen-bond donors (Lipinski definition) is 1. The van der Waals surface area contributed by atoms with Gasteiger partial charge in [-0.3, -0.25) is 4.79 Å². The Labute approximate surface area is 106 Å². The van der Waals surface area contributed by atoms with Crippen molar-refractivity contribution in [2.75, 3.05) is 0 Å². The Balaban J connectivity index is 2.26. The second-order valence-electron chi connectivity index (χ2n) is 4.88. The van der Waals surface area contributed by atoms with Gasteiger partial charge in [0.05, 0.1) is 0 Å². The molecule has 17 heavy (non-hydrogen) atoms. The van der Waals surface area contributed by atoms with Crippen LogP contribution in [-0.4, -0.2) is 15.8 Å². The number of hydrogen-bond acceptors (Lipinski definition) is 2. The summed E-state index contributed by atoms with van der Waals surface area (Å²) in [6.07, 6.45) is 3.65. The standard InChI is InChI=1S/C14H18O2S/c1-10-5-6-12(11(2)9-10)17-14(13(15)16)7-3-4-8-14/h5-6,9H,3-4,7-8H2,1-2H3,(H,15,16). The Kier molecular flexibility index (Phi) is 3.48. The van der Waals surface area contributed by atoms with Crippen molar-refractivity contribution >= 4 is 17.7 Å². The SMILES string of the molecule is Cc1ccc(SC2(C(=O)O)CCCC2)c(C)c1. The summed E-state index contributed by atoms with van der Waals surface area (Å²) in [5.74, 6) is -0.653. The lowest BCUT2D eigenvalue weighted by Crippen LogP contribution is -2.31. The molecular formula is C14H18O2S. The summed E-state index contributed by atoms with van der Waals surface area (Å²) in [6, 6.07) is 6.23. The lowest BCUT2D eigenvalue weighted by Gasteiger charge is -2.24. The predicted molar refractivity (Wildman–Crippen MR) is 70.6 cm³/mol. The molecule has 1 saturated carbocycles. The van der Waals surface area contributed by atoms with Crippen LogP contribution in [0.5, 0.6) is 0 Å². The molecule has 1 fully saturated rings. The Morgan fingerprint density at radius 3 is 2.47 bits per heavy atom. The van der Waals surface area contributed by atoms with Crippen molar-refractivity contribution < 1.29 is 9.90 Å². The van der Waals surface area contributed by atoms with Crippen LogP contribution in [0.15, 0.2) is 23.1 Å². The number of rotatable bonds is 3. The summed E-state index contributed by atoms with van der Waals surface area (Å²) in [6.45, 7) is 4.11. The zero-order valence-corrected chi connectivity index (χ0v) is 11.1. The van der Waals surface area contributed by atoms with Crippen molar-refractivity contribution in [1.29, 1.82) is 0 Å². The molecule has 0 bridgehead atoms. The zero-order chi connectivity index (χ0) is 12.5. The quantitative estimate of drug-likeness (QED) is 0.886. The molecule has 0 aliphatic heterocycles. The van der Waals surface area contributed by atoms with Gasteiger partial charge in [0.1, 0.15) is 4.75 Å². The number of aryl methyl sites for hydroxylation is 2. The van der Waals surface area contributed by atoms with Crippen molar-refractivity contribution in [2.45, 2.75) is 49.2 Å². The molecule has 0 amide bonds. The third-order valence-corrected chi connectivity index (χ3v) is 5.09. The largest absolute Gasteiger partial charge is 0.480 e. The van der Waals surface area contributed by atoms with E-state index in [9.17, 15) is 9.90 Å². The fourth-order valence-electron chi connectivity index (χ4n) is 2.43.